The third-order valence-electron chi connectivity index (χ3n) is 3.70. The average molecular weight is 284 g/mol. The van der Waals surface area contributed by atoms with Gasteiger partial charge in [0.2, 0.25) is 0 Å². The van der Waals surface area contributed by atoms with Gasteiger partial charge in [0.05, 0.1) is 17.5 Å². The molecule has 2 nitrogen and oxygen atoms in total. The van der Waals surface area contributed by atoms with Crippen molar-refractivity contribution in [1.29, 1.82) is 5.26 Å². The van der Waals surface area contributed by atoms with Crippen molar-refractivity contribution >= 4 is 0 Å². The number of nitriles is 1. The summed E-state index contributed by atoms with van der Waals surface area (Å²) in [5.41, 5.74) is -0.881. The molecule has 0 bridgehead atoms. The molecule has 1 fully saturated rings. The minimum Gasteiger partial charge on any atom is -0.295 e. The van der Waals surface area contributed by atoms with E-state index in [1.54, 1.807) is 25.2 Å². The standard InChI is InChI=1S/C15H19F3N2/c1-4-6-12(5-2)11(3)20-13(10-19)9-14(7-8-14)15(16,17)18/h4-6,11,13,20H,1-2,7-9H2,3H3/b12-6+/t11-,13?/m1/s1. The molecule has 1 aliphatic carbocycles. The van der Waals surface area contributed by atoms with E-state index in [2.05, 4.69) is 18.5 Å². The van der Waals surface area contributed by atoms with E-state index in [4.69, 9.17) is 5.26 Å². The van der Waals surface area contributed by atoms with E-state index in [1.807, 2.05) is 6.07 Å². The Balaban J connectivity index is 2.70. The zero-order chi connectivity index (χ0) is 15.4. The number of rotatable bonds is 7. The lowest BCUT2D eigenvalue weighted by atomic mass is 9.95. The smallest absolute Gasteiger partial charge is 0.295 e. The van der Waals surface area contributed by atoms with Gasteiger partial charge in [-0.2, -0.15) is 18.4 Å². The van der Waals surface area contributed by atoms with E-state index in [1.165, 1.54) is 0 Å². The van der Waals surface area contributed by atoms with Gasteiger partial charge in [-0.05, 0) is 31.8 Å². The number of nitrogens with zero attached hydrogens (tertiary/aromatic N) is 1. The predicted molar refractivity (Wildman–Crippen MR) is 72.8 cm³/mol. The fourth-order valence-electron chi connectivity index (χ4n) is 2.21. The summed E-state index contributed by atoms with van der Waals surface area (Å²) in [6.45, 7) is 8.99. The van der Waals surface area contributed by atoms with Gasteiger partial charge in [0.15, 0.2) is 0 Å². The van der Waals surface area contributed by atoms with Crippen molar-refractivity contribution in [1.82, 2.24) is 5.32 Å². The minimum absolute atomic E-state index is 0.113. The molecule has 2 atom stereocenters. The van der Waals surface area contributed by atoms with Gasteiger partial charge in [-0.1, -0.05) is 31.4 Å². The molecule has 0 saturated heterocycles. The molecule has 1 saturated carbocycles. The molecule has 0 radical (unpaired) electrons. The second kappa shape index (κ2) is 6.27. The number of nitrogens with one attached hydrogen (secondary N) is 1. The van der Waals surface area contributed by atoms with E-state index < -0.39 is 17.6 Å². The van der Waals surface area contributed by atoms with Crippen LogP contribution in [0.15, 0.2) is 37.0 Å². The van der Waals surface area contributed by atoms with Crippen LogP contribution < -0.4 is 5.32 Å². The summed E-state index contributed by atoms with van der Waals surface area (Å²) in [6.07, 6.45) is 0.694. The Morgan fingerprint density at radius 3 is 2.40 bits per heavy atom. The highest BCUT2D eigenvalue weighted by molar-refractivity contribution is 5.26. The molecule has 0 aliphatic heterocycles. The quantitative estimate of drug-likeness (QED) is 0.720. The maximum atomic E-state index is 12.9. The van der Waals surface area contributed by atoms with Crippen molar-refractivity contribution in [2.75, 3.05) is 0 Å². The van der Waals surface area contributed by atoms with Gasteiger partial charge >= 0.3 is 6.18 Å². The lowest BCUT2D eigenvalue weighted by Crippen LogP contribution is -2.40. The van der Waals surface area contributed by atoms with E-state index >= 15 is 0 Å². The largest absolute Gasteiger partial charge is 0.394 e. The van der Waals surface area contributed by atoms with Crippen LogP contribution in [0.1, 0.15) is 26.2 Å². The third-order valence-corrected chi connectivity index (χ3v) is 3.70. The summed E-state index contributed by atoms with van der Waals surface area (Å²) >= 11 is 0. The molecule has 1 N–H and O–H groups in total. The van der Waals surface area contributed by atoms with Crippen molar-refractivity contribution in [2.24, 2.45) is 5.41 Å². The molecule has 1 unspecified atom stereocenters. The Morgan fingerprint density at radius 1 is 1.45 bits per heavy atom. The molecule has 0 aromatic carbocycles. The molecule has 0 spiro atoms. The lowest BCUT2D eigenvalue weighted by molar-refractivity contribution is -0.189. The van der Waals surface area contributed by atoms with Crippen LogP contribution in [-0.2, 0) is 0 Å². The Hall–Kier alpha value is -1.54. The SMILES string of the molecule is C=C/C=C(\C=C)[C@@H](C)NC(C#N)CC1(C(F)(F)F)CC1. The van der Waals surface area contributed by atoms with Crippen LogP contribution >= 0.6 is 0 Å². The van der Waals surface area contributed by atoms with Crippen LogP contribution in [0, 0.1) is 16.7 Å². The Bertz CT molecular complexity index is 439. The van der Waals surface area contributed by atoms with Crippen molar-refractivity contribution in [3.8, 4) is 6.07 Å². The molecule has 0 heterocycles. The van der Waals surface area contributed by atoms with Gasteiger partial charge in [-0.25, -0.2) is 0 Å². The number of allylic oxidation sites excluding steroid dienone is 2. The van der Waals surface area contributed by atoms with Crippen molar-refractivity contribution in [2.45, 2.75) is 44.4 Å². The first-order valence-electron chi connectivity index (χ1n) is 6.47. The van der Waals surface area contributed by atoms with Gasteiger partial charge in [-0.3, -0.25) is 5.32 Å². The predicted octanol–water partition coefficient (Wildman–Crippen LogP) is 3.89. The number of hydrogen-bond donors (Lipinski definition) is 1. The zero-order valence-electron chi connectivity index (χ0n) is 11.5. The van der Waals surface area contributed by atoms with Crippen LogP contribution in [0.3, 0.4) is 0 Å². The Morgan fingerprint density at radius 2 is 2.05 bits per heavy atom. The van der Waals surface area contributed by atoms with Gasteiger partial charge in [0, 0.05) is 6.04 Å². The molecule has 5 heteroatoms. The fourth-order valence-corrected chi connectivity index (χ4v) is 2.21. The Kier molecular flexibility index (Phi) is 5.18. The molecule has 1 aliphatic rings. The summed E-state index contributed by atoms with van der Waals surface area (Å²) in [4.78, 5) is 0. The lowest BCUT2D eigenvalue weighted by Gasteiger charge is -2.25. The summed E-state index contributed by atoms with van der Waals surface area (Å²) < 4.78 is 38.7. The van der Waals surface area contributed by atoms with Crippen LogP contribution in [0.25, 0.3) is 0 Å². The highest BCUT2D eigenvalue weighted by atomic mass is 19.4. The van der Waals surface area contributed by atoms with E-state index in [9.17, 15) is 13.2 Å². The molecule has 20 heavy (non-hydrogen) atoms. The molecule has 0 aromatic rings. The van der Waals surface area contributed by atoms with Gasteiger partial charge in [0.25, 0.3) is 0 Å². The summed E-state index contributed by atoms with van der Waals surface area (Å²) in [5, 5.41) is 12.0. The summed E-state index contributed by atoms with van der Waals surface area (Å²) in [5.74, 6) is 0. The first kappa shape index (κ1) is 16.5. The van der Waals surface area contributed by atoms with Gasteiger partial charge in [-0.15, -0.1) is 0 Å². The van der Waals surface area contributed by atoms with Crippen molar-refractivity contribution in [3.05, 3.63) is 37.0 Å². The third kappa shape index (κ3) is 3.73. The fraction of sp³-hybridized carbons (Fsp3) is 0.533. The molecule has 1 rings (SSSR count). The van der Waals surface area contributed by atoms with Crippen LogP contribution in [0.2, 0.25) is 0 Å². The number of alkyl halides is 3. The molecular formula is C15H19F3N2. The van der Waals surface area contributed by atoms with Gasteiger partial charge in [0.1, 0.15) is 0 Å². The second-order valence-corrected chi connectivity index (χ2v) is 5.16. The maximum absolute atomic E-state index is 12.9. The summed E-state index contributed by atoms with van der Waals surface area (Å²) in [6, 6.07) is 0.842. The van der Waals surface area contributed by atoms with Crippen molar-refractivity contribution < 1.29 is 13.2 Å². The molecule has 0 aromatic heterocycles. The second-order valence-electron chi connectivity index (χ2n) is 5.16. The number of halogens is 3. The Labute approximate surface area is 117 Å². The van der Waals surface area contributed by atoms with Crippen molar-refractivity contribution in [3.63, 3.8) is 0 Å². The number of hydrogen-bond acceptors (Lipinski definition) is 2. The maximum Gasteiger partial charge on any atom is 0.394 e. The first-order valence-corrected chi connectivity index (χ1v) is 6.47. The minimum atomic E-state index is -4.23. The van der Waals surface area contributed by atoms with Crippen LogP contribution in [0.4, 0.5) is 13.2 Å². The molecular weight excluding hydrogens is 265 g/mol. The van der Waals surface area contributed by atoms with E-state index in [0.29, 0.717) is 0 Å². The normalized spacial score (nSPS) is 20.6. The molecule has 0 amide bonds. The topological polar surface area (TPSA) is 35.8 Å². The highest BCUT2D eigenvalue weighted by Crippen LogP contribution is 2.60. The van der Waals surface area contributed by atoms with Crippen LogP contribution in [0.5, 0.6) is 0 Å². The zero-order valence-corrected chi connectivity index (χ0v) is 11.5. The van der Waals surface area contributed by atoms with E-state index in [-0.39, 0.29) is 25.3 Å². The van der Waals surface area contributed by atoms with Crippen LogP contribution in [-0.4, -0.2) is 18.3 Å². The van der Waals surface area contributed by atoms with Gasteiger partial charge < -0.3 is 0 Å². The molecule has 110 valence electrons. The first-order chi connectivity index (χ1) is 9.29. The van der Waals surface area contributed by atoms with E-state index in [0.717, 1.165) is 5.57 Å². The average Bonchev–Trinajstić information content (AvgIpc) is 3.15. The summed E-state index contributed by atoms with van der Waals surface area (Å²) in [7, 11) is 0. The monoisotopic (exact) mass is 284 g/mol. The highest BCUT2D eigenvalue weighted by Gasteiger charge is 2.63.